The SMILES string of the molecule is CC.CC.CCc1cc(C2CN(CC(F)F)CCCN2)ccc1O.CO.[W]. The summed E-state index contributed by atoms with van der Waals surface area (Å²) in [7, 11) is 1.00. The van der Waals surface area contributed by atoms with Crippen LogP contribution in [-0.2, 0) is 27.5 Å². The van der Waals surface area contributed by atoms with Gasteiger partial charge in [-0.1, -0.05) is 46.8 Å². The van der Waals surface area contributed by atoms with Crippen LogP contribution in [0.15, 0.2) is 18.2 Å². The van der Waals surface area contributed by atoms with Crippen molar-refractivity contribution in [1.29, 1.82) is 0 Å². The van der Waals surface area contributed by atoms with Crippen LogP contribution >= 0.6 is 0 Å². The third kappa shape index (κ3) is 12.5. The van der Waals surface area contributed by atoms with Gasteiger partial charge in [0.2, 0.25) is 0 Å². The van der Waals surface area contributed by atoms with Crippen LogP contribution in [0.4, 0.5) is 8.78 Å². The number of hydrogen-bond acceptors (Lipinski definition) is 4. The normalized spacial score (nSPS) is 16.3. The van der Waals surface area contributed by atoms with E-state index in [-0.39, 0.29) is 33.7 Å². The fourth-order valence-electron chi connectivity index (χ4n) is 2.68. The molecule has 1 heterocycles. The number of benzene rings is 1. The first-order chi connectivity index (χ1) is 12.6. The van der Waals surface area contributed by atoms with Crippen LogP contribution in [0, 0.1) is 0 Å². The summed E-state index contributed by atoms with van der Waals surface area (Å²) >= 11 is 0. The topological polar surface area (TPSA) is 55.7 Å². The van der Waals surface area contributed by atoms with E-state index in [1.165, 1.54) is 0 Å². The zero-order valence-corrected chi connectivity index (χ0v) is 20.6. The summed E-state index contributed by atoms with van der Waals surface area (Å²) in [6.45, 7) is 11.9. The Morgan fingerprint density at radius 1 is 1.19 bits per heavy atom. The fraction of sp³-hybridized carbons (Fsp3) is 0.700. The zero-order chi connectivity index (χ0) is 20.5. The van der Waals surface area contributed by atoms with E-state index in [0.717, 1.165) is 37.6 Å². The Morgan fingerprint density at radius 3 is 2.30 bits per heavy atom. The average Bonchev–Trinajstić information content (AvgIpc) is 2.92. The van der Waals surface area contributed by atoms with Crippen molar-refractivity contribution in [3.05, 3.63) is 29.3 Å². The van der Waals surface area contributed by atoms with Crippen molar-refractivity contribution in [1.82, 2.24) is 10.2 Å². The number of nitrogens with zero attached hydrogens (tertiary/aromatic N) is 1. The first-order valence-electron chi connectivity index (χ1n) is 9.60. The summed E-state index contributed by atoms with van der Waals surface area (Å²) in [6.07, 6.45) is -0.658. The van der Waals surface area contributed by atoms with E-state index in [1.54, 1.807) is 6.07 Å². The van der Waals surface area contributed by atoms with E-state index in [2.05, 4.69) is 5.32 Å². The third-order valence-corrected chi connectivity index (χ3v) is 3.77. The number of aromatic hydroxyl groups is 1. The van der Waals surface area contributed by atoms with Crippen LogP contribution in [0.3, 0.4) is 0 Å². The second-order valence-corrected chi connectivity index (χ2v) is 5.25. The standard InChI is InChI=1S/C15H22F2N2O.2C2H6.CH4O.W/c1-2-11-8-12(4-5-14(11)20)13-9-19(10-15(16)17)7-3-6-18-13;3*1-2;/h4-5,8,13,15,18,20H,2-3,6-7,9-10H2,1H3;2*1-2H3;2H,1H3;. The van der Waals surface area contributed by atoms with Gasteiger partial charge in [0.15, 0.2) is 0 Å². The van der Waals surface area contributed by atoms with Gasteiger partial charge in [-0.25, -0.2) is 8.78 Å². The first kappa shape index (κ1) is 31.2. The summed E-state index contributed by atoms with van der Waals surface area (Å²) < 4.78 is 25.1. The molecule has 27 heavy (non-hydrogen) atoms. The Bertz CT molecular complexity index is 452. The number of alkyl halides is 2. The Kier molecular flexibility index (Phi) is 23.3. The molecule has 0 amide bonds. The van der Waals surface area contributed by atoms with E-state index in [0.29, 0.717) is 18.8 Å². The summed E-state index contributed by atoms with van der Waals surface area (Å²) in [5.74, 6) is 0.300. The first-order valence-corrected chi connectivity index (χ1v) is 9.60. The average molecular weight is 560 g/mol. The number of hydrogen-bond donors (Lipinski definition) is 3. The van der Waals surface area contributed by atoms with Crippen molar-refractivity contribution in [2.75, 3.05) is 33.3 Å². The predicted molar refractivity (Wildman–Crippen MR) is 106 cm³/mol. The van der Waals surface area contributed by atoms with Crippen molar-refractivity contribution in [3.63, 3.8) is 0 Å². The van der Waals surface area contributed by atoms with E-state index >= 15 is 0 Å². The molecule has 1 aliphatic rings. The molecule has 0 radical (unpaired) electrons. The quantitative estimate of drug-likeness (QED) is 0.517. The Hall–Kier alpha value is -0.552. The second-order valence-electron chi connectivity index (χ2n) is 5.25. The minimum absolute atomic E-state index is 0. The predicted octanol–water partition coefficient (Wildman–Crippen LogP) is 4.21. The smallest absolute Gasteiger partial charge is 0.251 e. The van der Waals surface area contributed by atoms with Gasteiger partial charge in [0.05, 0.1) is 6.54 Å². The molecule has 4 nitrogen and oxygen atoms in total. The van der Waals surface area contributed by atoms with Crippen LogP contribution in [0.2, 0.25) is 0 Å². The summed E-state index contributed by atoms with van der Waals surface area (Å²) in [5.41, 5.74) is 1.95. The minimum atomic E-state index is -2.29. The molecule has 1 fully saturated rings. The largest absolute Gasteiger partial charge is 0.508 e. The summed E-state index contributed by atoms with van der Waals surface area (Å²) in [6, 6.07) is 5.58. The number of phenols is 1. The molecule has 0 spiro atoms. The molecule has 1 aromatic carbocycles. The summed E-state index contributed by atoms with van der Waals surface area (Å²) in [4.78, 5) is 1.81. The zero-order valence-electron chi connectivity index (χ0n) is 17.6. The molecule has 7 heteroatoms. The molecular weight excluding hydrogens is 522 g/mol. The van der Waals surface area contributed by atoms with Crippen molar-refractivity contribution >= 4 is 0 Å². The molecular formula is C20H38F2N2O2W. The van der Waals surface area contributed by atoms with Crippen molar-refractivity contribution in [3.8, 4) is 5.75 Å². The number of phenolic OH excluding ortho intramolecular Hbond substituents is 1. The van der Waals surface area contributed by atoms with Gasteiger partial charge < -0.3 is 15.5 Å². The molecule has 1 atom stereocenters. The van der Waals surface area contributed by atoms with Gasteiger partial charge in [-0.2, -0.15) is 0 Å². The molecule has 3 N–H and O–H groups in total. The van der Waals surface area contributed by atoms with Crippen molar-refractivity contribution in [2.45, 2.75) is 59.9 Å². The summed E-state index contributed by atoms with van der Waals surface area (Å²) in [5, 5.41) is 20.1. The number of aliphatic hydroxyl groups excluding tert-OH is 1. The number of halogens is 2. The Morgan fingerprint density at radius 2 is 1.78 bits per heavy atom. The van der Waals surface area contributed by atoms with Gasteiger partial charge in [0.1, 0.15) is 5.75 Å². The van der Waals surface area contributed by atoms with Crippen LogP contribution in [0.1, 0.15) is 58.2 Å². The maximum absolute atomic E-state index is 12.6. The van der Waals surface area contributed by atoms with E-state index in [1.807, 2.05) is 51.7 Å². The van der Waals surface area contributed by atoms with E-state index in [4.69, 9.17) is 5.11 Å². The van der Waals surface area contributed by atoms with E-state index in [9.17, 15) is 13.9 Å². The van der Waals surface area contributed by atoms with Crippen molar-refractivity contribution < 1.29 is 40.1 Å². The van der Waals surface area contributed by atoms with Crippen LogP contribution < -0.4 is 5.32 Å². The number of nitrogens with one attached hydrogen (secondary N) is 1. The number of rotatable bonds is 4. The van der Waals surface area contributed by atoms with Gasteiger partial charge in [0.25, 0.3) is 6.43 Å². The maximum Gasteiger partial charge on any atom is 0.251 e. The second kappa shape index (κ2) is 20.2. The van der Waals surface area contributed by atoms with Gasteiger partial charge in [-0.15, -0.1) is 0 Å². The van der Waals surface area contributed by atoms with Crippen molar-refractivity contribution in [2.24, 2.45) is 0 Å². The Labute approximate surface area is 178 Å². The molecule has 2 rings (SSSR count). The fourth-order valence-corrected chi connectivity index (χ4v) is 2.68. The monoisotopic (exact) mass is 560 g/mol. The molecule has 0 bridgehead atoms. The van der Waals surface area contributed by atoms with Gasteiger partial charge in [-0.3, -0.25) is 4.90 Å². The number of aliphatic hydroxyl groups is 1. The maximum atomic E-state index is 12.6. The molecule has 1 aliphatic heterocycles. The molecule has 160 valence electrons. The van der Waals surface area contributed by atoms with Gasteiger partial charge in [0, 0.05) is 40.8 Å². The number of aryl methyl sites for hydroxylation is 1. The van der Waals surface area contributed by atoms with Crippen LogP contribution in [-0.4, -0.2) is 54.8 Å². The van der Waals surface area contributed by atoms with Gasteiger partial charge >= 0.3 is 0 Å². The molecule has 1 saturated heterocycles. The molecule has 1 aromatic rings. The Balaban J connectivity index is -0.000000749. The van der Waals surface area contributed by atoms with Gasteiger partial charge in [-0.05, 0) is 43.1 Å². The molecule has 0 aliphatic carbocycles. The minimum Gasteiger partial charge on any atom is -0.508 e. The third-order valence-electron chi connectivity index (χ3n) is 3.77. The van der Waals surface area contributed by atoms with Crippen LogP contribution in [0.5, 0.6) is 5.75 Å². The molecule has 1 unspecified atom stereocenters. The van der Waals surface area contributed by atoms with Crippen LogP contribution in [0.25, 0.3) is 0 Å². The molecule has 0 saturated carbocycles. The molecule has 0 aromatic heterocycles. The van der Waals surface area contributed by atoms with E-state index < -0.39 is 6.43 Å².